The first kappa shape index (κ1) is 14.5. The third-order valence-corrected chi connectivity index (χ3v) is 3.45. The van der Waals surface area contributed by atoms with Crippen LogP contribution in [0.15, 0.2) is 23.6 Å². The summed E-state index contributed by atoms with van der Waals surface area (Å²) < 4.78 is 0. The molecule has 0 fully saturated rings. The van der Waals surface area contributed by atoms with Gasteiger partial charge in [-0.1, -0.05) is 19.9 Å². The van der Waals surface area contributed by atoms with Crippen molar-refractivity contribution in [2.24, 2.45) is 0 Å². The summed E-state index contributed by atoms with van der Waals surface area (Å²) in [6.07, 6.45) is 0. The predicted molar refractivity (Wildman–Crippen MR) is 82.6 cm³/mol. The highest BCUT2D eigenvalue weighted by molar-refractivity contribution is 7.14. The molecule has 0 aliphatic heterocycles. The molecule has 106 valence electrons. The molecular weight excluding hydrogens is 272 g/mol. The molecule has 0 atom stereocenters. The minimum atomic E-state index is -0.241. The normalized spacial score (nSPS) is 10.6. The van der Waals surface area contributed by atoms with Gasteiger partial charge in [-0.15, -0.1) is 11.3 Å². The van der Waals surface area contributed by atoms with Crippen molar-refractivity contribution in [1.82, 2.24) is 9.97 Å². The summed E-state index contributed by atoms with van der Waals surface area (Å²) in [4.78, 5) is 20.7. The number of hydrogen-bond donors (Lipinski definition) is 2. The largest absolute Gasteiger partial charge is 0.370 e. The Labute approximate surface area is 122 Å². The summed E-state index contributed by atoms with van der Waals surface area (Å²) in [6, 6.07) is 5.33. The van der Waals surface area contributed by atoms with E-state index < -0.39 is 0 Å². The Morgan fingerprint density at radius 2 is 2.15 bits per heavy atom. The fourth-order valence-corrected chi connectivity index (χ4v) is 2.48. The van der Waals surface area contributed by atoms with E-state index in [0.717, 1.165) is 12.2 Å². The van der Waals surface area contributed by atoms with Gasteiger partial charge in [-0.05, 0) is 25.0 Å². The predicted octanol–water partition coefficient (Wildman–Crippen LogP) is 3.35. The number of carbonyl (C=O) groups excluding carboxylic acids is 1. The average molecular weight is 290 g/mol. The van der Waals surface area contributed by atoms with E-state index in [1.165, 1.54) is 11.3 Å². The standard InChI is InChI=1S/C14H18N4OS/c1-4-15-12-7-5-6-10(16-12)13(19)18-14-17-11(8-20-14)9(2)3/h5-9H,4H2,1-3H3,(H,15,16)(H,17,18,19). The molecule has 0 spiro atoms. The summed E-state index contributed by atoms with van der Waals surface area (Å²) in [5, 5.41) is 8.43. The van der Waals surface area contributed by atoms with Crippen LogP contribution in [0, 0.1) is 0 Å². The zero-order chi connectivity index (χ0) is 14.5. The molecule has 2 heterocycles. The van der Waals surface area contributed by atoms with Gasteiger partial charge in [0.2, 0.25) is 0 Å². The van der Waals surface area contributed by atoms with Crippen molar-refractivity contribution in [3.8, 4) is 0 Å². The van der Waals surface area contributed by atoms with Gasteiger partial charge in [0, 0.05) is 11.9 Å². The zero-order valence-electron chi connectivity index (χ0n) is 11.8. The second-order valence-corrected chi connectivity index (χ2v) is 5.48. The molecule has 0 unspecified atom stereocenters. The molecule has 2 rings (SSSR count). The first-order valence-corrected chi connectivity index (χ1v) is 7.45. The maximum Gasteiger partial charge on any atom is 0.276 e. The molecule has 2 aromatic heterocycles. The van der Waals surface area contributed by atoms with Gasteiger partial charge in [0.15, 0.2) is 5.13 Å². The molecule has 0 radical (unpaired) electrons. The first-order valence-electron chi connectivity index (χ1n) is 6.58. The number of rotatable bonds is 5. The van der Waals surface area contributed by atoms with Crippen LogP contribution in [0.3, 0.4) is 0 Å². The van der Waals surface area contributed by atoms with Crippen LogP contribution in [0.25, 0.3) is 0 Å². The van der Waals surface area contributed by atoms with Crippen LogP contribution in [-0.4, -0.2) is 22.4 Å². The van der Waals surface area contributed by atoms with Gasteiger partial charge < -0.3 is 5.32 Å². The van der Waals surface area contributed by atoms with E-state index >= 15 is 0 Å². The summed E-state index contributed by atoms with van der Waals surface area (Å²) in [5.41, 5.74) is 1.37. The lowest BCUT2D eigenvalue weighted by Crippen LogP contribution is -2.14. The van der Waals surface area contributed by atoms with Gasteiger partial charge in [-0.25, -0.2) is 9.97 Å². The number of nitrogens with one attached hydrogen (secondary N) is 2. The summed E-state index contributed by atoms with van der Waals surface area (Å²) in [7, 11) is 0. The number of pyridine rings is 1. The van der Waals surface area contributed by atoms with Crippen LogP contribution in [0.5, 0.6) is 0 Å². The second-order valence-electron chi connectivity index (χ2n) is 4.62. The summed E-state index contributed by atoms with van der Waals surface area (Å²) in [5.74, 6) is 0.809. The quantitative estimate of drug-likeness (QED) is 0.886. The van der Waals surface area contributed by atoms with Crippen LogP contribution < -0.4 is 10.6 Å². The smallest absolute Gasteiger partial charge is 0.276 e. The molecule has 1 amide bonds. The lowest BCUT2D eigenvalue weighted by atomic mass is 10.2. The van der Waals surface area contributed by atoms with Crippen LogP contribution in [0.2, 0.25) is 0 Å². The van der Waals surface area contributed by atoms with E-state index in [0.29, 0.717) is 22.6 Å². The number of carbonyl (C=O) groups is 1. The molecule has 2 aromatic rings. The molecule has 5 nitrogen and oxygen atoms in total. The van der Waals surface area contributed by atoms with E-state index in [-0.39, 0.29) is 5.91 Å². The van der Waals surface area contributed by atoms with E-state index in [1.807, 2.05) is 18.4 Å². The van der Waals surface area contributed by atoms with Crippen LogP contribution in [-0.2, 0) is 0 Å². The van der Waals surface area contributed by atoms with Gasteiger partial charge in [0.1, 0.15) is 11.5 Å². The monoisotopic (exact) mass is 290 g/mol. The van der Waals surface area contributed by atoms with Gasteiger partial charge in [0.25, 0.3) is 5.91 Å². The number of amides is 1. The van der Waals surface area contributed by atoms with Crippen molar-refractivity contribution in [2.75, 3.05) is 17.2 Å². The maximum atomic E-state index is 12.1. The third kappa shape index (κ3) is 3.54. The molecule has 0 aliphatic carbocycles. The molecule has 0 aliphatic rings. The third-order valence-electron chi connectivity index (χ3n) is 2.67. The van der Waals surface area contributed by atoms with Gasteiger partial charge in [-0.3, -0.25) is 10.1 Å². The minimum absolute atomic E-state index is 0.241. The van der Waals surface area contributed by atoms with Gasteiger partial charge in [0.05, 0.1) is 5.69 Å². The molecule has 0 saturated carbocycles. The summed E-state index contributed by atoms with van der Waals surface area (Å²) in [6.45, 7) is 6.89. The number of thiazole rings is 1. The first-order chi connectivity index (χ1) is 9.60. The minimum Gasteiger partial charge on any atom is -0.370 e. The lowest BCUT2D eigenvalue weighted by molar-refractivity contribution is 0.102. The van der Waals surface area contributed by atoms with Crippen molar-refractivity contribution in [2.45, 2.75) is 26.7 Å². The topological polar surface area (TPSA) is 66.9 Å². The highest BCUT2D eigenvalue weighted by atomic mass is 32.1. The number of nitrogens with zero attached hydrogens (tertiary/aromatic N) is 2. The molecule has 0 aromatic carbocycles. The van der Waals surface area contributed by atoms with Crippen molar-refractivity contribution < 1.29 is 4.79 Å². The van der Waals surface area contributed by atoms with Crippen LogP contribution in [0.4, 0.5) is 10.9 Å². The Morgan fingerprint density at radius 3 is 2.80 bits per heavy atom. The molecule has 0 saturated heterocycles. The Kier molecular flexibility index (Phi) is 4.68. The molecule has 6 heteroatoms. The Morgan fingerprint density at radius 1 is 1.35 bits per heavy atom. The van der Waals surface area contributed by atoms with Gasteiger partial charge in [-0.2, -0.15) is 0 Å². The lowest BCUT2D eigenvalue weighted by Gasteiger charge is -2.05. The average Bonchev–Trinajstić information content (AvgIpc) is 2.88. The maximum absolute atomic E-state index is 12.1. The summed E-state index contributed by atoms with van der Waals surface area (Å²) >= 11 is 1.43. The van der Waals surface area contributed by atoms with Crippen molar-refractivity contribution in [3.63, 3.8) is 0 Å². The molecule has 0 bridgehead atoms. The van der Waals surface area contributed by atoms with Crippen molar-refractivity contribution in [1.29, 1.82) is 0 Å². The van der Waals surface area contributed by atoms with Crippen molar-refractivity contribution in [3.05, 3.63) is 35.0 Å². The number of aromatic nitrogens is 2. The number of hydrogen-bond acceptors (Lipinski definition) is 5. The van der Waals surface area contributed by atoms with Crippen molar-refractivity contribution >= 4 is 28.2 Å². The molecule has 20 heavy (non-hydrogen) atoms. The van der Waals surface area contributed by atoms with E-state index in [9.17, 15) is 4.79 Å². The fraction of sp³-hybridized carbons (Fsp3) is 0.357. The molecular formula is C14H18N4OS. The van der Waals surface area contributed by atoms with E-state index in [1.54, 1.807) is 12.1 Å². The number of anilines is 2. The Bertz CT molecular complexity index is 594. The van der Waals surface area contributed by atoms with Crippen LogP contribution in [0.1, 0.15) is 42.9 Å². The molecule has 2 N–H and O–H groups in total. The second kappa shape index (κ2) is 6.47. The van der Waals surface area contributed by atoms with Gasteiger partial charge >= 0.3 is 0 Å². The zero-order valence-corrected chi connectivity index (χ0v) is 12.6. The highest BCUT2D eigenvalue weighted by Gasteiger charge is 2.12. The van der Waals surface area contributed by atoms with Crippen LogP contribution >= 0.6 is 11.3 Å². The van der Waals surface area contributed by atoms with E-state index in [2.05, 4.69) is 34.4 Å². The Balaban J connectivity index is 2.09. The highest BCUT2D eigenvalue weighted by Crippen LogP contribution is 2.21. The fourth-order valence-electron chi connectivity index (χ4n) is 1.61. The van der Waals surface area contributed by atoms with E-state index in [4.69, 9.17) is 0 Å². The SMILES string of the molecule is CCNc1cccc(C(=O)Nc2nc(C(C)C)cs2)n1. The Hall–Kier alpha value is -1.95.